The Kier molecular flexibility index (Phi) is 15.0. The van der Waals surface area contributed by atoms with E-state index in [1.807, 2.05) is 30.3 Å². The first-order chi connectivity index (χ1) is 55.5. The minimum absolute atomic E-state index is 0.516. The summed E-state index contributed by atoms with van der Waals surface area (Å²) in [5.74, 6) is 3.30. The second kappa shape index (κ2) is 26.3. The van der Waals surface area contributed by atoms with Crippen LogP contribution in [0.5, 0.6) is 0 Å². The molecule has 0 aliphatic rings. The minimum Gasteiger partial charge on any atom is -0.309 e. The van der Waals surface area contributed by atoms with Gasteiger partial charge in [0.1, 0.15) is 0 Å². The van der Waals surface area contributed by atoms with Gasteiger partial charge in [-0.3, -0.25) is 9.13 Å². The predicted molar refractivity (Wildman–Crippen MR) is 459 cm³/mol. The molecule has 0 spiro atoms. The molecule has 10 heteroatoms. The normalized spacial score (nSPS) is 11.8. The van der Waals surface area contributed by atoms with Crippen molar-refractivity contribution in [2.24, 2.45) is 0 Å². The van der Waals surface area contributed by atoms with Crippen LogP contribution in [0.4, 0.5) is 0 Å². The number of nitrogens with zero attached hydrogens (tertiary/aromatic N) is 10. The number of hydrogen-bond donors (Lipinski definition) is 0. The van der Waals surface area contributed by atoms with Crippen molar-refractivity contribution in [3.05, 3.63) is 388 Å². The Balaban J connectivity index is 0.684. The Labute approximate surface area is 644 Å². The zero-order valence-corrected chi connectivity index (χ0v) is 60.4. The van der Waals surface area contributed by atoms with E-state index in [0.29, 0.717) is 35.2 Å². The van der Waals surface area contributed by atoms with Gasteiger partial charge in [0.05, 0.1) is 44.1 Å². The summed E-state index contributed by atoms with van der Waals surface area (Å²) in [7, 11) is 0. The quantitative estimate of drug-likeness (QED) is 0.114. The first-order valence-corrected chi connectivity index (χ1v) is 37.8. The van der Waals surface area contributed by atoms with Crippen molar-refractivity contribution < 1.29 is 0 Å². The van der Waals surface area contributed by atoms with Crippen molar-refractivity contribution in [2.45, 2.75) is 0 Å². The molecule has 6 aromatic heterocycles. The molecule has 522 valence electrons. The van der Waals surface area contributed by atoms with E-state index in [-0.39, 0.29) is 0 Å². The minimum atomic E-state index is 0.516. The molecule has 0 N–H and O–H groups in total. The molecule has 0 amide bonds. The smallest absolute Gasteiger partial charge is 0.238 e. The van der Waals surface area contributed by atoms with Crippen molar-refractivity contribution in [1.82, 2.24) is 48.2 Å². The fourth-order valence-electron chi connectivity index (χ4n) is 16.9. The van der Waals surface area contributed by atoms with Crippen LogP contribution in [0.15, 0.2) is 388 Å². The molecule has 0 saturated heterocycles. The molecule has 0 bridgehead atoms. The highest BCUT2D eigenvalue weighted by Gasteiger charge is 2.27. The summed E-state index contributed by atoms with van der Waals surface area (Å²) in [6.07, 6.45) is 0. The molecule has 0 saturated carbocycles. The van der Waals surface area contributed by atoms with E-state index in [1.165, 1.54) is 16.5 Å². The summed E-state index contributed by atoms with van der Waals surface area (Å²) < 4.78 is 9.36. The molecular formula is C102H64N10. The van der Waals surface area contributed by atoms with Gasteiger partial charge in [-0.1, -0.05) is 309 Å². The molecule has 22 rings (SSSR count). The van der Waals surface area contributed by atoms with Crippen molar-refractivity contribution in [3.8, 4) is 124 Å². The molecule has 0 unspecified atom stereocenters. The van der Waals surface area contributed by atoms with Crippen LogP contribution in [-0.4, -0.2) is 48.2 Å². The third-order valence-corrected chi connectivity index (χ3v) is 22.1. The first-order valence-electron chi connectivity index (χ1n) is 37.8. The first kappa shape index (κ1) is 64.0. The number of fused-ring (bicyclic) bond motifs is 14. The summed E-state index contributed by atoms with van der Waals surface area (Å²) >= 11 is 0. The lowest BCUT2D eigenvalue weighted by Crippen LogP contribution is -2.06. The highest BCUT2D eigenvalue weighted by atomic mass is 15.2. The van der Waals surface area contributed by atoms with Crippen LogP contribution in [0.25, 0.3) is 212 Å². The van der Waals surface area contributed by atoms with Crippen LogP contribution < -0.4 is 0 Å². The van der Waals surface area contributed by atoms with Gasteiger partial charge in [-0.2, -0.15) is 19.9 Å². The van der Waals surface area contributed by atoms with Crippen molar-refractivity contribution in [2.75, 3.05) is 0 Å². The summed E-state index contributed by atoms with van der Waals surface area (Å²) in [5.41, 5.74) is 25.0. The van der Waals surface area contributed by atoms with Gasteiger partial charge in [0.15, 0.2) is 23.3 Å². The molecule has 0 aliphatic heterocycles. The van der Waals surface area contributed by atoms with Crippen molar-refractivity contribution in [3.63, 3.8) is 0 Å². The van der Waals surface area contributed by atoms with Gasteiger partial charge in [-0.05, 0) is 134 Å². The van der Waals surface area contributed by atoms with Crippen LogP contribution in [0.2, 0.25) is 0 Å². The van der Waals surface area contributed by atoms with Crippen LogP contribution in [0.1, 0.15) is 0 Å². The Morgan fingerprint density at radius 1 is 0.152 bits per heavy atom. The number of aromatic nitrogens is 10. The van der Waals surface area contributed by atoms with Gasteiger partial charge in [0, 0.05) is 76.7 Å². The van der Waals surface area contributed by atoms with E-state index >= 15 is 0 Å². The number of benzene rings is 16. The molecule has 0 fully saturated rings. The highest BCUT2D eigenvalue weighted by molar-refractivity contribution is 6.27. The van der Waals surface area contributed by atoms with Gasteiger partial charge in [0.25, 0.3) is 0 Å². The fraction of sp³-hybridized carbons (Fsp3) is 0. The zero-order chi connectivity index (χ0) is 73.7. The Bertz CT molecular complexity index is 7380. The molecule has 22 aromatic rings. The Morgan fingerprint density at radius 2 is 0.420 bits per heavy atom. The maximum absolute atomic E-state index is 5.57. The van der Waals surface area contributed by atoms with E-state index in [9.17, 15) is 0 Å². The highest BCUT2D eigenvalue weighted by Crippen LogP contribution is 2.46. The SMILES string of the molecule is c1ccc(-c2ccc(-c3cccc(-n4c5ccccc5c5ccc6c(c7ccccc7n6-c6nc(-c7ccccc7)nc(-c7cccc(-c8cccc(-n9c%10ccccc%10c%10ccc%11c(c%12ccccc%12n%11-c%11nc(-c%12cccc(-c%13ccccc%13)c%12)nc(-c%12cccc(-c%13ccccc%13)c%12)n%11)c%109)c8)c7)n6)c54)c3)cc2)cc1. The number of rotatable bonds is 13. The lowest BCUT2D eigenvalue weighted by Gasteiger charge is -2.13. The maximum Gasteiger partial charge on any atom is 0.238 e. The molecular weight excluding hydrogens is 1370 g/mol. The third kappa shape index (κ3) is 10.7. The number of para-hydroxylation sites is 4. The molecule has 0 atom stereocenters. The van der Waals surface area contributed by atoms with Gasteiger partial charge < -0.3 is 9.13 Å². The molecule has 10 nitrogen and oxygen atoms in total. The van der Waals surface area contributed by atoms with Gasteiger partial charge in [-0.25, -0.2) is 9.97 Å². The lowest BCUT2D eigenvalue weighted by molar-refractivity contribution is 0.953. The van der Waals surface area contributed by atoms with Crippen molar-refractivity contribution in [1.29, 1.82) is 0 Å². The second-order valence-corrected chi connectivity index (χ2v) is 28.6. The summed E-state index contributed by atoms with van der Waals surface area (Å²) in [5, 5.41) is 8.97. The van der Waals surface area contributed by atoms with Gasteiger partial charge in [-0.15, -0.1) is 0 Å². The van der Waals surface area contributed by atoms with Crippen LogP contribution in [0, 0.1) is 0 Å². The zero-order valence-electron chi connectivity index (χ0n) is 60.4. The third-order valence-electron chi connectivity index (χ3n) is 22.1. The maximum atomic E-state index is 5.57. The van der Waals surface area contributed by atoms with E-state index in [4.69, 9.17) is 29.9 Å². The van der Waals surface area contributed by atoms with Crippen LogP contribution >= 0.6 is 0 Å². The van der Waals surface area contributed by atoms with E-state index in [1.54, 1.807) is 0 Å². The molecule has 6 heterocycles. The van der Waals surface area contributed by atoms with E-state index in [0.717, 1.165) is 160 Å². The number of hydrogen-bond acceptors (Lipinski definition) is 6. The van der Waals surface area contributed by atoms with Gasteiger partial charge >= 0.3 is 0 Å². The van der Waals surface area contributed by atoms with Crippen LogP contribution in [-0.2, 0) is 0 Å². The summed E-state index contributed by atoms with van der Waals surface area (Å²) in [6, 6.07) is 138. The summed E-state index contributed by atoms with van der Waals surface area (Å²) in [4.78, 5) is 32.7. The van der Waals surface area contributed by atoms with Crippen molar-refractivity contribution >= 4 is 87.2 Å². The van der Waals surface area contributed by atoms with Crippen LogP contribution in [0.3, 0.4) is 0 Å². The topological polar surface area (TPSA) is 97.1 Å². The second-order valence-electron chi connectivity index (χ2n) is 28.6. The Hall–Kier alpha value is -15.3. The average Bonchev–Trinajstić information content (AvgIpc) is 1.55. The monoisotopic (exact) mass is 1430 g/mol. The largest absolute Gasteiger partial charge is 0.309 e. The Morgan fingerprint density at radius 3 is 0.821 bits per heavy atom. The summed E-state index contributed by atoms with van der Waals surface area (Å²) in [6.45, 7) is 0. The standard InChI is InChI=1S/C102H64N10/c1-5-26-65(27-6-1)68-52-54-69(55-53-68)74-37-24-42-79(63-74)109-87-48-17-13-44-81(87)83-56-58-91-93(95(83)109)85-46-15-19-50-89(85)111(91)101-105-97(70-32-11-4-12-33-70)103-98(106-101)78-41-23-36-73(62-78)75-38-25-43-80(64-75)110-88-49-18-14-45-82(88)84-57-59-92-94(96(84)110)86-47-16-20-51-90(86)112(92)102-107-99(76-39-21-34-71(60-76)66-28-7-2-8-29-66)104-100(108-102)77-40-22-35-72(61-77)67-30-9-3-10-31-67/h1-64H. The average molecular weight is 1430 g/mol. The molecule has 0 aliphatic carbocycles. The lowest BCUT2D eigenvalue weighted by atomic mass is 10.00. The van der Waals surface area contributed by atoms with Gasteiger partial charge in [0.2, 0.25) is 11.9 Å². The fourth-order valence-corrected chi connectivity index (χ4v) is 16.9. The molecule has 112 heavy (non-hydrogen) atoms. The molecule has 0 radical (unpaired) electrons. The predicted octanol–water partition coefficient (Wildman–Crippen LogP) is 25.4. The van der Waals surface area contributed by atoms with E-state index in [2.05, 4.69) is 376 Å². The molecule has 16 aromatic carbocycles. The van der Waals surface area contributed by atoms with E-state index < -0.39 is 0 Å².